The highest BCUT2D eigenvalue weighted by Gasteiger charge is 2.41. The van der Waals surface area contributed by atoms with Gasteiger partial charge in [-0.3, -0.25) is 9.69 Å². The normalized spacial score (nSPS) is 26.6. The molecule has 2 unspecified atom stereocenters. The lowest BCUT2D eigenvalue weighted by molar-refractivity contribution is -0.149. The van der Waals surface area contributed by atoms with Crippen molar-refractivity contribution in [3.8, 4) is 0 Å². The van der Waals surface area contributed by atoms with Crippen LogP contribution in [-0.2, 0) is 9.53 Å². The van der Waals surface area contributed by atoms with Crippen molar-refractivity contribution in [1.82, 2.24) is 9.80 Å². The summed E-state index contributed by atoms with van der Waals surface area (Å²) in [6.07, 6.45) is 3.56. The molecule has 1 fully saturated rings. The summed E-state index contributed by atoms with van der Waals surface area (Å²) >= 11 is 0. The van der Waals surface area contributed by atoms with E-state index in [1.54, 1.807) is 0 Å². The van der Waals surface area contributed by atoms with Gasteiger partial charge in [0.1, 0.15) is 5.54 Å². The smallest absolute Gasteiger partial charge is 0.325 e. The van der Waals surface area contributed by atoms with Crippen molar-refractivity contribution < 1.29 is 9.53 Å². The molecule has 5 nitrogen and oxygen atoms in total. The van der Waals surface area contributed by atoms with Gasteiger partial charge in [-0.15, -0.1) is 0 Å². The average molecular weight is 299 g/mol. The Labute approximate surface area is 129 Å². The first-order valence-corrected chi connectivity index (χ1v) is 8.04. The maximum Gasteiger partial charge on any atom is 0.325 e. The lowest BCUT2D eigenvalue weighted by Crippen LogP contribution is -2.57. The van der Waals surface area contributed by atoms with Crippen LogP contribution in [0, 0.1) is 5.92 Å². The first kappa shape index (κ1) is 18.4. The Bertz CT molecular complexity index is 333. The number of hydrogen-bond acceptors (Lipinski definition) is 5. The van der Waals surface area contributed by atoms with Gasteiger partial charge in [0.05, 0.1) is 7.11 Å². The van der Waals surface area contributed by atoms with Crippen LogP contribution in [0.5, 0.6) is 0 Å². The van der Waals surface area contributed by atoms with Crippen molar-refractivity contribution in [3.63, 3.8) is 0 Å². The minimum atomic E-state index is -0.801. The Kier molecular flexibility index (Phi) is 7.10. The molecule has 0 aromatic rings. The minimum absolute atomic E-state index is 0.260. The van der Waals surface area contributed by atoms with E-state index < -0.39 is 5.54 Å². The Morgan fingerprint density at radius 1 is 1.38 bits per heavy atom. The van der Waals surface area contributed by atoms with E-state index in [-0.39, 0.29) is 5.97 Å². The van der Waals surface area contributed by atoms with Crippen LogP contribution < -0.4 is 5.73 Å². The maximum atomic E-state index is 12.0. The van der Waals surface area contributed by atoms with E-state index in [1.165, 1.54) is 7.11 Å². The lowest BCUT2D eigenvalue weighted by atomic mass is 9.79. The Hall–Kier alpha value is -0.650. The number of nitrogens with zero attached hydrogens (tertiary/aromatic N) is 2. The number of likely N-dealkylation sites (N-methyl/N-ethyl adjacent to an activating group) is 1. The highest BCUT2D eigenvalue weighted by Crippen LogP contribution is 2.30. The van der Waals surface area contributed by atoms with Gasteiger partial charge in [0.15, 0.2) is 0 Å². The zero-order chi connectivity index (χ0) is 16.0. The van der Waals surface area contributed by atoms with Crippen molar-refractivity contribution >= 4 is 5.97 Å². The van der Waals surface area contributed by atoms with Gasteiger partial charge in [0, 0.05) is 25.7 Å². The number of rotatable bonds is 7. The van der Waals surface area contributed by atoms with E-state index >= 15 is 0 Å². The Morgan fingerprint density at radius 3 is 2.57 bits per heavy atom. The van der Waals surface area contributed by atoms with Crippen LogP contribution in [0.1, 0.15) is 39.5 Å². The van der Waals surface area contributed by atoms with Gasteiger partial charge < -0.3 is 15.4 Å². The van der Waals surface area contributed by atoms with E-state index in [1.807, 2.05) is 0 Å². The van der Waals surface area contributed by atoms with E-state index in [0.29, 0.717) is 18.4 Å². The summed E-state index contributed by atoms with van der Waals surface area (Å²) in [4.78, 5) is 16.7. The zero-order valence-corrected chi connectivity index (χ0v) is 14.4. The number of methoxy groups -OCH3 is 1. The maximum absolute atomic E-state index is 12.0. The molecule has 0 heterocycles. The van der Waals surface area contributed by atoms with Crippen LogP contribution in [-0.4, -0.2) is 68.2 Å². The second-order valence-corrected chi connectivity index (χ2v) is 7.09. The van der Waals surface area contributed by atoms with Crippen LogP contribution in [0.15, 0.2) is 0 Å². The topological polar surface area (TPSA) is 58.8 Å². The molecule has 0 aromatic heterocycles. The van der Waals surface area contributed by atoms with Gasteiger partial charge >= 0.3 is 5.97 Å². The standard InChI is InChI=1S/C16H33N3O2/c1-13(2)12-19(10-9-18(3)4)14-7-6-8-16(17,11-14)15(20)21-5/h13-14H,6-12,17H2,1-5H3. The average Bonchev–Trinajstić information content (AvgIpc) is 2.42. The largest absolute Gasteiger partial charge is 0.468 e. The number of nitrogens with two attached hydrogens (primary N) is 1. The van der Waals surface area contributed by atoms with Gasteiger partial charge in [0.25, 0.3) is 0 Å². The molecule has 0 amide bonds. The van der Waals surface area contributed by atoms with Crippen LogP contribution in [0.2, 0.25) is 0 Å². The summed E-state index contributed by atoms with van der Waals surface area (Å²) in [5, 5.41) is 0. The minimum Gasteiger partial charge on any atom is -0.468 e. The molecule has 21 heavy (non-hydrogen) atoms. The fourth-order valence-corrected chi connectivity index (χ4v) is 3.20. The molecular formula is C16H33N3O2. The summed E-state index contributed by atoms with van der Waals surface area (Å²) in [7, 11) is 5.62. The molecule has 0 bridgehead atoms. The van der Waals surface area contributed by atoms with Gasteiger partial charge in [0.2, 0.25) is 0 Å². The third-order valence-corrected chi connectivity index (χ3v) is 4.30. The second-order valence-electron chi connectivity index (χ2n) is 7.09. The number of esters is 1. The molecule has 1 aliphatic carbocycles. The molecule has 0 saturated heterocycles. The van der Waals surface area contributed by atoms with E-state index in [2.05, 4.69) is 37.7 Å². The lowest BCUT2D eigenvalue weighted by Gasteiger charge is -2.42. The summed E-state index contributed by atoms with van der Waals surface area (Å²) in [6.45, 7) is 7.57. The number of hydrogen-bond donors (Lipinski definition) is 1. The zero-order valence-electron chi connectivity index (χ0n) is 14.4. The van der Waals surface area contributed by atoms with Crippen molar-refractivity contribution in [2.75, 3.05) is 40.8 Å². The molecule has 2 N–H and O–H groups in total. The molecule has 1 rings (SSSR count). The fraction of sp³-hybridized carbons (Fsp3) is 0.938. The molecule has 1 aliphatic rings. The molecule has 124 valence electrons. The predicted molar refractivity (Wildman–Crippen MR) is 86.2 cm³/mol. The summed E-state index contributed by atoms with van der Waals surface area (Å²) in [5.41, 5.74) is 5.52. The van der Waals surface area contributed by atoms with E-state index in [9.17, 15) is 4.79 Å². The highest BCUT2D eigenvalue weighted by atomic mass is 16.5. The van der Waals surface area contributed by atoms with Crippen LogP contribution in [0.4, 0.5) is 0 Å². The summed E-state index contributed by atoms with van der Waals surface area (Å²) in [5.74, 6) is 0.351. The molecule has 0 aliphatic heterocycles. The quantitative estimate of drug-likeness (QED) is 0.719. The van der Waals surface area contributed by atoms with Gasteiger partial charge in [-0.05, 0) is 45.7 Å². The second kappa shape index (κ2) is 8.11. The third kappa shape index (κ3) is 5.57. The van der Waals surface area contributed by atoms with E-state index in [4.69, 9.17) is 10.5 Å². The van der Waals surface area contributed by atoms with Crippen molar-refractivity contribution in [2.24, 2.45) is 11.7 Å². The molecule has 5 heteroatoms. The van der Waals surface area contributed by atoms with E-state index in [0.717, 1.165) is 38.9 Å². The van der Waals surface area contributed by atoms with Gasteiger partial charge in [-0.1, -0.05) is 13.8 Å². The first-order valence-electron chi connectivity index (χ1n) is 8.04. The Balaban J connectivity index is 2.74. The molecule has 1 saturated carbocycles. The van der Waals surface area contributed by atoms with Crippen LogP contribution in [0.3, 0.4) is 0 Å². The molecule has 0 spiro atoms. The number of ether oxygens (including phenoxy) is 1. The highest BCUT2D eigenvalue weighted by molar-refractivity contribution is 5.80. The van der Waals surface area contributed by atoms with Crippen molar-refractivity contribution in [3.05, 3.63) is 0 Å². The fourth-order valence-electron chi connectivity index (χ4n) is 3.20. The Morgan fingerprint density at radius 2 is 2.05 bits per heavy atom. The van der Waals surface area contributed by atoms with Crippen LogP contribution >= 0.6 is 0 Å². The first-order chi connectivity index (χ1) is 9.78. The molecular weight excluding hydrogens is 266 g/mol. The molecule has 0 radical (unpaired) electrons. The predicted octanol–water partition coefficient (Wildman–Crippen LogP) is 1.32. The van der Waals surface area contributed by atoms with Crippen molar-refractivity contribution in [1.29, 1.82) is 0 Å². The summed E-state index contributed by atoms with van der Waals surface area (Å²) < 4.78 is 4.91. The monoisotopic (exact) mass is 299 g/mol. The van der Waals surface area contributed by atoms with Crippen molar-refractivity contribution in [2.45, 2.75) is 51.1 Å². The molecule has 0 aromatic carbocycles. The van der Waals surface area contributed by atoms with Crippen LogP contribution in [0.25, 0.3) is 0 Å². The molecule has 2 atom stereocenters. The number of carbonyl (C=O) groups is 1. The SMILES string of the molecule is COC(=O)C1(N)CCCC(N(CCN(C)C)CC(C)C)C1. The van der Waals surface area contributed by atoms with Gasteiger partial charge in [-0.25, -0.2) is 0 Å². The third-order valence-electron chi connectivity index (χ3n) is 4.30. The van der Waals surface area contributed by atoms with Gasteiger partial charge in [-0.2, -0.15) is 0 Å². The number of carbonyl (C=O) groups excluding carboxylic acids is 1. The summed E-state index contributed by atoms with van der Waals surface area (Å²) in [6, 6.07) is 0.380.